The van der Waals surface area contributed by atoms with Crippen molar-refractivity contribution in [2.75, 3.05) is 0 Å². The lowest BCUT2D eigenvalue weighted by molar-refractivity contribution is 0.300. The van der Waals surface area contributed by atoms with E-state index in [4.69, 9.17) is 0 Å². The zero-order valence-corrected chi connectivity index (χ0v) is 33.6. The lowest BCUT2D eigenvalue weighted by atomic mass is 9.80. The third kappa shape index (κ3) is 13.4. The van der Waals surface area contributed by atoms with Crippen LogP contribution in [0.1, 0.15) is 146 Å². The Bertz CT molecular complexity index is 1720. The van der Waals surface area contributed by atoms with Crippen molar-refractivity contribution < 1.29 is 0 Å². The maximum Gasteiger partial charge on any atom is 0.0245 e. The van der Waals surface area contributed by atoms with Crippen LogP contribution in [0.3, 0.4) is 0 Å². The Hall–Kier alpha value is -4.00. The Balaban J connectivity index is 0.000000204. The summed E-state index contributed by atoms with van der Waals surface area (Å²) >= 11 is 0. The van der Waals surface area contributed by atoms with E-state index in [0.29, 0.717) is 11.8 Å². The van der Waals surface area contributed by atoms with Gasteiger partial charge < -0.3 is 0 Å². The van der Waals surface area contributed by atoms with E-state index in [1.807, 2.05) is 0 Å². The maximum absolute atomic E-state index is 3.54. The lowest BCUT2D eigenvalue weighted by Crippen LogP contribution is -2.13. The minimum absolute atomic E-state index is 0.605. The van der Waals surface area contributed by atoms with Crippen LogP contribution in [-0.2, 0) is 12.8 Å². The summed E-state index contributed by atoms with van der Waals surface area (Å²) in [7, 11) is 0. The molecule has 278 valence electrons. The molecule has 0 unspecified atom stereocenters. The van der Waals surface area contributed by atoms with Gasteiger partial charge in [0.15, 0.2) is 0 Å². The highest BCUT2D eigenvalue weighted by molar-refractivity contribution is 5.65. The van der Waals surface area contributed by atoms with E-state index in [1.165, 1.54) is 143 Å². The summed E-state index contributed by atoms with van der Waals surface area (Å²) in [6.07, 6.45) is 22.1. The molecule has 2 aliphatic rings. The topological polar surface area (TPSA) is 0 Å². The van der Waals surface area contributed by atoms with Crippen molar-refractivity contribution in [2.45, 2.75) is 137 Å². The van der Waals surface area contributed by atoms with Crippen LogP contribution < -0.4 is 0 Å². The van der Waals surface area contributed by atoms with Gasteiger partial charge >= 0.3 is 0 Å². The molecular weight excluding hydrogens is 637 g/mol. The fourth-order valence-electron chi connectivity index (χ4n) is 8.07. The highest BCUT2D eigenvalue weighted by atomic mass is 14.2. The van der Waals surface area contributed by atoms with Crippen LogP contribution in [0.2, 0.25) is 0 Å². The molecule has 0 amide bonds. The SMILES string of the molecule is CCCCc1ccc(-c2ccc(C#C[C@H]3CC[C@H](CC)CC3)cc2)cc1.CCCCc1ccc(-c2ccc(C#C[C@H]3CC[C@H](CCC)CC3)cc2)cc1. The average molecular weight is 703 g/mol. The first-order valence-electron chi connectivity index (χ1n) is 21.5. The Morgan fingerprint density at radius 2 is 0.774 bits per heavy atom. The zero-order valence-electron chi connectivity index (χ0n) is 33.6. The van der Waals surface area contributed by atoms with E-state index in [1.54, 1.807) is 0 Å². The number of aryl methyl sites for hydroxylation is 2. The molecule has 0 nitrogen and oxygen atoms in total. The Morgan fingerprint density at radius 1 is 0.415 bits per heavy atom. The van der Waals surface area contributed by atoms with Crippen LogP contribution in [0.15, 0.2) is 97.1 Å². The molecule has 0 heterocycles. The quantitative estimate of drug-likeness (QED) is 0.137. The molecular formula is C53H66. The Kier molecular flexibility index (Phi) is 16.9. The van der Waals surface area contributed by atoms with E-state index >= 15 is 0 Å². The first kappa shape index (κ1) is 40.2. The summed E-state index contributed by atoms with van der Waals surface area (Å²) in [5.74, 6) is 17.0. The molecule has 53 heavy (non-hydrogen) atoms. The molecule has 0 aromatic heterocycles. The van der Waals surface area contributed by atoms with Gasteiger partial charge in [0.25, 0.3) is 0 Å². The van der Waals surface area contributed by atoms with Crippen molar-refractivity contribution in [3.05, 3.63) is 119 Å². The second kappa shape index (κ2) is 22.3. The largest absolute Gasteiger partial charge is 0.0945 e. The molecule has 0 N–H and O–H groups in total. The molecule has 0 atom stereocenters. The van der Waals surface area contributed by atoms with Gasteiger partial charge in [0, 0.05) is 23.0 Å². The molecule has 2 saturated carbocycles. The minimum atomic E-state index is 0.605. The minimum Gasteiger partial charge on any atom is -0.0945 e. The van der Waals surface area contributed by atoms with Gasteiger partial charge in [-0.25, -0.2) is 0 Å². The first-order valence-corrected chi connectivity index (χ1v) is 21.5. The van der Waals surface area contributed by atoms with E-state index in [0.717, 1.165) is 23.0 Å². The monoisotopic (exact) mass is 703 g/mol. The van der Waals surface area contributed by atoms with Crippen LogP contribution in [0.5, 0.6) is 0 Å². The highest BCUT2D eigenvalue weighted by Gasteiger charge is 2.19. The summed E-state index contributed by atoms with van der Waals surface area (Å²) < 4.78 is 0. The molecule has 0 aliphatic heterocycles. The smallest absolute Gasteiger partial charge is 0.0245 e. The molecule has 0 radical (unpaired) electrons. The van der Waals surface area contributed by atoms with Gasteiger partial charge in [-0.05, 0) is 147 Å². The van der Waals surface area contributed by atoms with E-state index < -0.39 is 0 Å². The normalized spacial score (nSPS) is 19.5. The van der Waals surface area contributed by atoms with Gasteiger partial charge in [-0.15, -0.1) is 0 Å². The van der Waals surface area contributed by atoms with Gasteiger partial charge in [-0.1, -0.05) is 156 Å². The van der Waals surface area contributed by atoms with Gasteiger partial charge in [0.2, 0.25) is 0 Å². The van der Waals surface area contributed by atoms with Gasteiger partial charge in [0.1, 0.15) is 0 Å². The van der Waals surface area contributed by atoms with E-state index in [-0.39, 0.29) is 0 Å². The summed E-state index contributed by atoms with van der Waals surface area (Å²) in [6, 6.07) is 35.6. The lowest BCUT2D eigenvalue weighted by Gasteiger charge is -2.25. The predicted octanol–water partition coefficient (Wildman–Crippen LogP) is 14.9. The van der Waals surface area contributed by atoms with Crippen LogP contribution in [0.4, 0.5) is 0 Å². The Labute approximate surface area is 324 Å². The van der Waals surface area contributed by atoms with Crippen molar-refractivity contribution in [3.63, 3.8) is 0 Å². The maximum atomic E-state index is 3.54. The van der Waals surface area contributed by atoms with E-state index in [9.17, 15) is 0 Å². The second-order valence-corrected chi connectivity index (χ2v) is 15.9. The first-order chi connectivity index (χ1) is 26.1. The number of rotatable bonds is 11. The van der Waals surface area contributed by atoms with Crippen molar-refractivity contribution in [1.29, 1.82) is 0 Å². The number of hydrogen-bond donors (Lipinski definition) is 0. The highest BCUT2D eigenvalue weighted by Crippen LogP contribution is 2.32. The molecule has 2 fully saturated rings. The van der Waals surface area contributed by atoms with Gasteiger partial charge in [-0.3, -0.25) is 0 Å². The zero-order chi connectivity index (χ0) is 37.1. The van der Waals surface area contributed by atoms with Gasteiger partial charge in [-0.2, -0.15) is 0 Å². The number of unbranched alkanes of at least 4 members (excludes halogenated alkanes) is 2. The third-order valence-electron chi connectivity index (χ3n) is 11.8. The van der Waals surface area contributed by atoms with E-state index in [2.05, 4.69) is 148 Å². The van der Waals surface area contributed by atoms with Gasteiger partial charge in [0.05, 0.1) is 0 Å². The third-order valence-corrected chi connectivity index (χ3v) is 11.8. The molecule has 0 bridgehead atoms. The second-order valence-electron chi connectivity index (χ2n) is 15.9. The van der Waals surface area contributed by atoms with Crippen molar-refractivity contribution in [1.82, 2.24) is 0 Å². The molecule has 0 heteroatoms. The number of hydrogen-bond acceptors (Lipinski definition) is 0. The van der Waals surface area contributed by atoms with Crippen LogP contribution in [0, 0.1) is 47.4 Å². The molecule has 4 aromatic rings. The summed E-state index contributed by atoms with van der Waals surface area (Å²) in [6.45, 7) is 9.11. The van der Waals surface area contributed by atoms with Crippen molar-refractivity contribution in [2.24, 2.45) is 23.7 Å². The number of benzene rings is 4. The predicted molar refractivity (Wildman–Crippen MR) is 231 cm³/mol. The summed E-state index contributed by atoms with van der Waals surface area (Å²) in [5.41, 5.74) is 10.3. The van der Waals surface area contributed by atoms with Crippen LogP contribution in [-0.4, -0.2) is 0 Å². The van der Waals surface area contributed by atoms with Crippen molar-refractivity contribution in [3.8, 4) is 45.9 Å². The van der Waals surface area contributed by atoms with Crippen molar-refractivity contribution >= 4 is 0 Å². The molecule has 2 aliphatic carbocycles. The molecule has 4 aromatic carbocycles. The fourth-order valence-corrected chi connectivity index (χ4v) is 8.07. The molecule has 6 rings (SSSR count). The summed E-state index contributed by atoms with van der Waals surface area (Å²) in [4.78, 5) is 0. The Morgan fingerprint density at radius 3 is 1.11 bits per heavy atom. The fraction of sp³-hybridized carbons (Fsp3) is 0.472. The van der Waals surface area contributed by atoms with Crippen LogP contribution in [0.25, 0.3) is 22.3 Å². The van der Waals surface area contributed by atoms with Crippen LogP contribution >= 0.6 is 0 Å². The molecule has 0 spiro atoms. The molecule has 0 saturated heterocycles. The standard InChI is InChI=1S/C27H34.C26H32/c1-3-5-7-23-14-18-26(19-15-23)27-20-16-25(17-21-27)13-12-24-10-8-22(6-4-2)9-11-24;1-3-5-6-22-13-17-25(18-14-22)26-19-15-24(16-20-26)12-11-23-9-7-21(4-2)8-10-23/h14-22,24H,3-11H2,1-2H3;13-21,23H,3-10H2,1-2H3/t22-,24-;21-,23-. The average Bonchev–Trinajstić information content (AvgIpc) is 3.22. The summed E-state index contributed by atoms with van der Waals surface area (Å²) in [5, 5.41) is 0.